The summed E-state index contributed by atoms with van der Waals surface area (Å²) in [5.74, 6) is 0. The summed E-state index contributed by atoms with van der Waals surface area (Å²) < 4.78 is 1.98. The molecule has 1 heterocycles. The molecular weight excluding hydrogens is 272 g/mol. The number of hydrogen-bond acceptors (Lipinski definition) is 2. The van der Waals surface area contributed by atoms with Gasteiger partial charge in [0.1, 0.15) is 5.69 Å². The highest BCUT2D eigenvalue weighted by molar-refractivity contribution is 5.82. The molecule has 0 radical (unpaired) electrons. The van der Waals surface area contributed by atoms with Crippen molar-refractivity contribution in [1.82, 2.24) is 9.78 Å². The monoisotopic (exact) mass is 288 g/mol. The van der Waals surface area contributed by atoms with Gasteiger partial charge >= 0.3 is 0 Å². The molecule has 0 aliphatic heterocycles. The molecule has 0 unspecified atom stereocenters. The van der Waals surface area contributed by atoms with E-state index in [1.165, 1.54) is 16.7 Å². The third-order valence-electron chi connectivity index (χ3n) is 4.29. The first kappa shape index (κ1) is 13.0. The van der Waals surface area contributed by atoms with Crippen LogP contribution in [0.4, 0.5) is 0 Å². The van der Waals surface area contributed by atoms with Crippen molar-refractivity contribution in [3.05, 3.63) is 77.0 Å². The molecule has 1 aromatic heterocycles. The molecule has 0 bridgehead atoms. The quantitative estimate of drug-likeness (QED) is 0.691. The zero-order valence-corrected chi connectivity index (χ0v) is 12.2. The normalized spacial score (nSPS) is 12.5. The second-order valence-corrected chi connectivity index (χ2v) is 5.63. The molecule has 2 aromatic carbocycles. The summed E-state index contributed by atoms with van der Waals surface area (Å²) in [6.45, 7) is 0.686. The lowest BCUT2D eigenvalue weighted by Crippen LogP contribution is -2.09. The zero-order chi connectivity index (χ0) is 14.9. The van der Waals surface area contributed by atoms with Crippen LogP contribution >= 0.6 is 0 Å². The first-order valence-corrected chi connectivity index (χ1v) is 7.54. The molecule has 0 saturated carbocycles. The summed E-state index contributed by atoms with van der Waals surface area (Å²) in [6.07, 6.45) is 2.74. The average molecular weight is 288 g/mol. The van der Waals surface area contributed by atoms with E-state index in [1.807, 2.05) is 28.9 Å². The number of nitrogens with zero attached hydrogens (tertiary/aromatic N) is 2. The van der Waals surface area contributed by atoms with Crippen molar-refractivity contribution in [1.29, 1.82) is 0 Å². The number of carbonyl (C=O) groups excluding carboxylic acids is 1. The molecule has 22 heavy (non-hydrogen) atoms. The van der Waals surface area contributed by atoms with Gasteiger partial charge in [0, 0.05) is 11.1 Å². The van der Waals surface area contributed by atoms with Crippen molar-refractivity contribution in [2.45, 2.75) is 19.4 Å². The minimum Gasteiger partial charge on any atom is -0.296 e. The largest absolute Gasteiger partial charge is 0.296 e. The molecule has 1 aliphatic rings. The number of rotatable bonds is 3. The van der Waals surface area contributed by atoms with E-state index >= 15 is 0 Å². The van der Waals surface area contributed by atoms with Crippen LogP contribution in [0.1, 0.15) is 27.2 Å². The lowest BCUT2D eigenvalue weighted by molar-refractivity contribution is 0.111. The number of aryl methyl sites for hydroxylation is 1. The molecule has 0 amide bonds. The highest BCUT2D eigenvalue weighted by Gasteiger charge is 2.24. The molecule has 4 rings (SSSR count). The van der Waals surface area contributed by atoms with Gasteiger partial charge in [-0.2, -0.15) is 5.10 Å². The van der Waals surface area contributed by atoms with Crippen LogP contribution in [-0.2, 0) is 19.4 Å². The smallest absolute Gasteiger partial charge is 0.170 e. The number of aldehydes is 1. The van der Waals surface area contributed by atoms with Crippen LogP contribution in [0.25, 0.3) is 11.3 Å². The highest BCUT2D eigenvalue weighted by Crippen LogP contribution is 2.35. The maximum atomic E-state index is 11.4. The van der Waals surface area contributed by atoms with E-state index in [2.05, 4.69) is 35.4 Å². The van der Waals surface area contributed by atoms with E-state index in [4.69, 9.17) is 0 Å². The Balaban J connectivity index is 1.87. The summed E-state index contributed by atoms with van der Waals surface area (Å²) in [5.41, 5.74) is 6.51. The molecule has 108 valence electrons. The van der Waals surface area contributed by atoms with Crippen LogP contribution in [0.2, 0.25) is 0 Å². The highest BCUT2D eigenvalue weighted by atomic mass is 16.1. The number of benzene rings is 2. The Labute approximate surface area is 129 Å². The van der Waals surface area contributed by atoms with Crippen molar-refractivity contribution in [3.63, 3.8) is 0 Å². The van der Waals surface area contributed by atoms with Gasteiger partial charge in [-0.05, 0) is 24.0 Å². The molecule has 0 N–H and O–H groups in total. The molecule has 3 aromatic rings. The van der Waals surface area contributed by atoms with Crippen molar-refractivity contribution in [2.24, 2.45) is 0 Å². The Morgan fingerprint density at radius 1 is 1.00 bits per heavy atom. The molecule has 0 atom stereocenters. The van der Waals surface area contributed by atoms with Crippen LogP contribution in [0, 0.1) is 0 Å². The van der Waals surface area contributed by atoms with Crippen molar-refractivity contribution in [3.8, 4) is 11.3 Å². The van der Waals surface area contributed by atoms with Gasteiger partial charge < -0.3 is 0 Å². The predicted molar refractivity (Wildman–Crippen MR) is 86.0 cm³/mol. The molecular formula is C19H16N2O. The Kier molecular flexibility index (Phi) is 3.11. The van der Waals surface area contributed by atoms with Crippen LogP contribution in [0.3, 0.4) is 0 Å². The molecule has 3 nitrogen and oxygen atoms in total. The van der Waals surface area contributed by atoms with E-state index in [9.17, 15) is 4.79 Å². The van der Waals surface area contributed by atoms with Crippen LogP contribution < -0.4 is 0 Å². The summed E-state index contributed by atoms with van der Waals surface area (Å²) in [7, 11) is 0. The Morgan fingerprint density at radius 3 is 2.59 bits per heavy atom. The maximum absolute atomic E-state index is 11.4. The van der Waals surface area contributed by atoms with Crippen molar-refractivity contribution >= 4 is 6.29 Å². The second-order valence-electron chi connectivity index (χ2n) is 5.63. The van der Waals surface area contributed by atoms with E-state index in [-0.39, 0.29) is 0 Å². The summed E-state index contributed by atoms with van der Waals surface area (Å²) >= 11 is 0. The van der Waals surface area contributed by atoms with Gasteiger partial charge in [0.05, 0.1) is 12.2 Å². The van der Waals surface area contributed by atoms with E-state index in [1.54, 1.807) is 0 Å². The standard InChI is InChI=1S/C19H16N2O/c22-13-18-17-11-10-15-8-4-5-9-16(15)19(17)21(20-18)12-14-6-2-1-3-7-14/h1-9,13H,10-12H2. The lowest BCUT2D eigenvalue weighted by Gasteiger charge is -2.18. The Morgan fingerprint density at radius 2 is 1.77 bits per heavy atom. The lowest BCUT2D eigenvalue weighted by atomic mass is 9.89. The topological polar surface area (TPSA) is 34.9 Å². The molecule has 0 fully saturated rings. The number of carbonyl (C=O) groups is 1. The summed E-state index contributed by atoms with van der Waals surface area (Å²) in [6, 6.07) is 18.7. The van der Waals surface area contributed by atoms with Crippen LogP contribution in [0.5, 0.6) is 0 Å². The van der Waals surface area contributed by atoms with Gasteiger partial charge in [-0.3, -0.25) is 9.48 Å². The van der Waals surface area contributed by atoms with Gasteiger partial charge in [-0.1, -0.05) is 54.6 Å². The minimum absolute atomic E-state index is 0.584. The van der Waals surface area contributed by atoms with Crippen molar-refractivity contribution < 1.29 is 4.79 Å². The van der Waals surface area contributed by atoms with Crippen LogP contribution in [-0.4, -0.2) is 16.1 Å². The van der Waals surface area contributed by atoms with Gasteiger partial charge in [0.2, 0.25) is 0 Å². The first-order chi connectivity index (χ1) is 10.9. The predicted octanol–water partition coefficient (Wildman–Crippen LogP) is 3.51. The SMILES string of the molecule is O=Cc1nn(Cc2ccccc2)c2c1CCc1ccccc1-2. The second kappa shape index (κ2) is 5.26. The van der Waals surface area contributed by atoms with E-state index in [0.717, 1.165) is 30.4 Å². The van der Waals surface area contributed by atoms with Crippen LogP contribution in [0.15, 0.2) is 54.6 Å². The number of aromatic nitrogens is 2. The Hall–Kier alpha value is -2.68. The molecule has 0 saturated heterocycles. The molecule has 1 aliphatic carbocycles. The summed E-state index contributed by atoms with van der Waals surface area (Å²) in [4.78, 5) is 11.4. The number of hydrogen-bond donors (Lipinski definition) is 0. The van der Waals surface area contributed by atoms with Gasteiger partial charge in [0.15, 0.2) is 6.29 Å². The van der Waals surface area contributed by atoms with E-state index < -0.39 is 0 Å². The first-order valence-electron chi connectivity index (χ1n) is 7.54. The van der Waals surface area contributed by atoms with Gasteiger partial charge in [-0.25, -0.2) is 0 Å². The Bertz CT molecular complexity index is 834. The summed E-state index contributed by atoms with van der Waals surface area (Å²) in [5, 5.41) is 4.55. The zero-order valence-electron chi connectivity index (χ0n) is 12.2. The number of fused-ring (bicyclic) bond motifs is 3. The fraction of sp³-hybridized carbons (Fsp3) is 0.158. The average Bonchev–Trinajstić information content (AvgIpc) is 2.94. The van der Waals surface area contributed by atoms with Gasteiger partial charge in [-0.15, -0.1) is 0 Å². The third-order valence-corrected chi connectivity index (χ3v) is 4.29. The fourth-order valence-electron chi connectivity index (χ4n) is 3.26. The fourth-order valence-corrected chi connectivity index (χ4v) is 3.26. The van der Waals surface area contributed by atoms with Gasteiger partial charge in [0.25, 0.3) is 0 Å². The molecule has 3 heteroatoms. The minimum atomic E-state index is 0.584. The third kappa shape index (κ3) is 2.06. The van der Waals surface area contributed by atoms with E-state index in [0.29, 0.717) is 12.2 Å². The van der Waals surface area contributed by atoms with Crippen molar-refractivity contribution in [2.75, 3.05) is 0 Å². The maximum Gasteiger partial charge on any atom is 0.170 e. The molecule has 0 spiro atoms.